The molecule has 3 heterocycles. The van der Waals surface area contributed by atoms with E-state index in [0.29, 0.717) is 18.6 Å². The molecule has 1 fully saturated rings. The van der Waals surface area contributed by atoms with Crippen molar-refractivity contribution in [3.8, 4) is 17.0 Å². The number of carbonyl (C=O) groups excluding carboxylic acids is 1. The highest BCUT2D eigenvalue weighted by Crippen LogP contribution is 2.41. The van der Waals surface area contributed by atoms with E-state index in [1.54, 1.807) is 7.11 Å². The van der Waals surface area contributed by atoms with Gasteiger partial charge in [0.05, 0.1) is 29.9 Å². The molecule has 1 saturated heterocycles. The summed E-state index contributed by atoms with van der Waals surface area (Å²) in [5.74, 6) is 0.872. The Kier molecular flexibility index (Phi) is 6.84. The number of rotatable bonds is 4. The van der Waals surface area contributed by atoms with Crippen molar-refractivity contribution >= 4 is 33.9 Å². The van der Waals surface area contributed by atoms with Crippen LogP contribution >= 0.6 is 0 Å². The Morgan fingerprint density at radius 1 is 0.950 bits per heavy atom. The first-order valence-corrected chi connectivity index (χ1v) is 14.1. The number of aryl methyl sites for hydroxylation is 1. The van der Waals surface area contributed by atoms with E-state index in [-0.39, 0.29) is 6.03 Å². The van der Waals surface area contributed by atoms with Gasteiger partial charge in [-0.25, -0.2) is 4.79 Å². The molecule has 7 nitrogen and oxygen atoms in total. The van der Waals surface area contributed by atoms with Crippen LogP contribution in [0.3, 0.4) is 0 Å². The third-order valence-corrected chi connectivity index (χ3v) is 8.55. The number of aromatic nitrogens is 1. The molecule has 2 amide bonds. The molecule has 0 spiro atoms. The average Bonchev–Trinajstić information content (AvgIpc) is 3.38. The number of anilines is 3. The molecule has 2 atom stereocenters. The second kappa shape index (κ2) is 10.5. The first-order valence-electron chi connectivity index (χ1n) is 14.1. The third-order valence-electron chi connectivity index (χ3n) is 8.55. The van der Waals surface area contributed by atoms with E-state index in [4.69, 9.17) is 9.72 Å². The van der Waals surface area contributed by atoms with Crippen LogP contribution in [-0.2, 0) is 6.42 Å². The third kappa shape index (κ3) is 4.64. The van der Waals surface area contributed by atoms with E-state index in [0.717, 1.165) is 75.6 Å². The van der Waals surface area contributed by atoms with Crippen LogP contribution in [0.25, 0.3) is 22.0 Å². The maximum Gasteiger partial charge on any atom is 0.326 e. The lowest BCUT2D eigenvalue weighted by atomic mass is 10.0. The Balaban J connectivity index is 1.31. The maximum atomic E-state index is 13.8. The normalized spacial score (nSPS) is 19.1. The lowest BCUT2D eigenvalue weighted by Crippen LogP contribution is -2.55. The number of urea groups is 1. The summed E-state index contributed by atoms with van der Waals surface area (Å²) in [6, 6.07) is 23.3. The highest BCUT2D eigenvalue weighted by Gasteiger charge is 2.32. The summed E-state index contributed by atoms with van der Waals surface area (Å²) in [5, 5.41) is 5.27. The minimum atomic E-state index is -0.124. The van der Waals surface area contributed by atoms with E-state index in [9.17, 15) is 4.79 Å². The van der Waals surface area contributed by atoms with Gasteiger partial charge < -0.3 is 15.0 Å². The van der Waals surface area contributed by atoms with Crippen molar-refractivity contribution in [2.45, 2.75) is 39.3 Å². The minimum absolute atomic E-state index is 0.124. The van der Waals surface area contributed by atoms with Crippen LogP contribution in [0.1, 0.15) is 25.1 Å². The SMILES string of the molecule is COc1cc2c(cc1N1CC(C)N(C)C(C)C1)N(C(=O)Nc1cccc3c(-c4cccc(C)n4)cccc13)CC2. The zero-order valence-electron chi connectivity index (χ0n) is 23.9. The van der Waals surface area contributed by atoms with Crippen molar-refractivity contribution in [1.82, 2.24) is 9.88 Å². The quantitative estimate of drug-likeness (QED) is 0.330. The molecule has 3 aromatic carbocycles. The van der Waals surface area contributed by atoms with Crippen molar-refractivity contribution in [2.24, 2.45) is 0 Å². The van der Waals surface area contributed by atoms with Crippen LogP contribution < -0.4 is 19.9 Å². The number of fused-ring (bicyclic) bond motifs is 2. The molecule has 0 aliphatic carbocycles. The average molecular weight is 536 g/mol. The largest absolute Gasteiger partial charge is 0.495 e. The number of amides is 2. The molecule has 2 aliphatic heterocycles. The molecule has 1 aromatic heterocycles. The zero-order valence-corrected chi connectivity index (χ0v) is 23.9. The van der Waals surface area contributed by atoms with Crippen LogP contribution in [0.2, 0.25) is 0 Å². The number of ether oxygens (including phenoxy) is 1. The van der Waals surface area contributed by atoms with Gasteiger partial charge in [0.1, 0.15) is 5.75 Å². The number of methoxy groups -OCH3 is 1. The van der Waals surface area contributed by atoms with Crippen molar-refractivity contribution in [3.63, 3.8) is 0 Å². The molecule has 2 unspecified atom stereocenters. The van der Waals surface area contributed by atoms with E-state index >= 15 is 0 Å². The monoisotopic (exact) mass is 535 g/mol. The van der Waals surface area contributed by atoms with E-state index in [2.05, 4.69) is 66.3 Å². The van der Waals surface area contributed by atoms with Crippen molar-refractivity contribution < 1.29 is 9.53 Å². The van der Waals surface area contributed by atoms with Gasteiger partial charge >= 0.3 is 6.03 Å². The Labute approximate surface area is 236 Å². The summed E-state index contributed by atoms with van der Waals surface area (Å²) in [6.45, 7) is 8.97. The van der Waals surface area contributed by atoms with Gasteiger partial charge in [0.15, 0.2) is 0 Å². The van der Waals surface area contributed by atoms with Gasteiger partial charge in [-0.3, -0.25) is 14.8 Å². The predicted octanol–water partition coefficient (Wildman–Crippen LogP) is 6.34. The zero-order chi connectivity index (χ0) is 28.0. The molecule has 6 rings (SSSR count). The van der Waals surface area contributed by atoms with Crippen LogP contribution in [0.4, 0.5) is 21.9 Å². The number of pyridine rings is 1. The fraction of sp³-hybridized carbons (Fsp3) is 0.333. The van der Waals surface area contributed by atoms with E-state index < -0.39 is 0 Å². The summed E-state index contributed by atoms with van der Waals surface area (Å²) >= 11 is 0. The van der Waals surface area contributed by atoms with Crippen molar-refractivity contribution in [1.29, 1.82) is 0 Å². The van der Waals surface area contributed by atoms with Crippen LogP contribution in [0.15, 0.2) is 66.7 Å². The highest BCUT2D eigenvalue weighted by molar-refractivity contribution is 6.10. The Morgan fingerprint density at radius 3 is 2.42 bits per heavy atom. The molecular weight excluding hydrogens is 498 g/mol. The van der Waals surface area contributed by atoms with Gasteiger partial charge in [-0.05, 0) is 75.5 Å². The molecule has 2 aliphatic rings. The number of nitrogens with zero attached hydrogens (tertiary/aromatic N) is 4. The lowest BCUT2D eigenvalue weighted by Gasteiger charge is -2.44. The number of piperazine rings is 1. The topological polar surface area (TPSA) is 60.9 Å². The van der Waals surface area contributed by atoms with Crippen molar-refractivity contribution in [2.75, 3.05) is 48.9 Å². The highest BCUT2D eigenvalue weighted by atomic mass is 16.5. The number of likely N-dealkylation sites (N-methyl/N-ethyl adjacent to an activating group) is 1. The number of hydrogen-bond donors (Lipinski definition) is 1. The molecule has 1 N–H and O–H groups in total. The summed E-state index contributed by atoms with van der Waals surface area (Å²) in [7, 11) is 3.92. The van der Waals surface area contributed by atoms with Crippen LogP contribution in [0, 0.1) is 6.92 Å². The molecule has 40 heavy (non-hydrogen) atoms. The Hall–Kier alpha value is -4.10. The second-order valence-electron chi connectivity index (χ2n) is 11.1. The Bertz CT molecular complexity index is 1570. The van der Waals surface area contributed by atoms with Gasteiger partial charge in [0.25, 0.3) is 0 Å². The fourth-order valence-corrected chi connectivity index (χ4v) is 6.14. The van der Waals surface area contributed by atoms with E-state index in [1.165, 1.54) is 0 Å². The minimum Gasteiger partial charge on any atom is -0.495 e. The van der Waals surface area contributed by atoms with Crippen molar-refractivity contribution in [3.05, 3.63) is 78.0 Å². The lowest BCUT2D eigenvalue weighted by molar-refractivity contribution is 0.169. The van der Waals surface area contributed by atoms with Gasteiger partial charge in [0, 0.05) is 48.4 Å². The molecule has 206 valence electrons. The van der Waals surface area contributed by atoms with E-state index in [1.807, 2.05) is 48.2 Å². The summed E-state index contributed by atoms with van der Waals surface area (Å²) in [6.07, 6.45) is 0.799. The maximum absolute atomic E-state index is 13.8. The number of hydrogen-bond acceptors (Lipinski definition) is 5. The van der Waals surface area contributed by atoms with Gasteiger partial charge in [-0.15, -0.1) is 0 Å². The first-order chi connectivity index (χ1) is 19.3. The standard InChI is InChI=1S/C33H37N5O2/c1-21-9-6-13-28(34-21)26-11-7-12-27-25(26)10-8-14-29(27)35-33(39)38-16-15-24-17-32(40-5)31(18-30(24)38)37-19-22(2)36(4)23(3)20-37/h6-14,17-18,22-23H,15-16,19-20H2,1-5H3,(H,35,39). The fourth-order valence-electron chi connectivity index (χ4n) is 6.14. The molecule has 0 saturated carbocycles. The molecular formula is C33H37N5O2. The van der Waals surface area contributed by atoms with Gasteiger partial charge in [-0.2, -0.15) is 0 Å². The molecule has 0 radical (unpaired) electrons. The second-order valence-corrected chi connectivity index (χ2v) is 11.1. The molecule has 0 bridgehead atoms. The van der Waals surface area contributed by atoms with Crippen LogP contribution in [0.5, 0.6) is 5.75 Å². The smallest absolute Gasteiger partial charge is 0.326 e. The summed E-state index contributed by atoms with van der Waals surface area (Å²) in [5.41, 5.74) is 6.89. The molecule has 7 heteroatoms. The van der Waals surface area contributed by atoms with Gasteiger partial charge in [0.2, 0.25) is 0 Å². The summed E-state index contributed by atoms with van der Waals surface area (Å²) in [4.78, 5) is 25.2. The van der Waals surface area contributed by atoms with Gasteiger partial charge in [-0.1, -0.05) is 36.4 Å². The first kappa shape index (κ1) is 26.1. The number of carbonyl (C=O) groups is 1. The summed E-state index contributed by atoms with van der Waals surface area (Å²) < 4.78 is 5.84. The Morgan fingerprint density at radius 2 is 1.68 bits per heavy atom. The molecule has 4 aromatic rings. The van der Waals surface area contributed by atoms with Crippen LogP contribution in [-0.4, -0.2) is 61.8 Å². The number of nitrogens with one attached hydrogen (secondary N) is 1. The predicted molar refractivity (Wildman–Crippen MR) is 164 cm³/mol. The number of benzene rings is 3.